The van der Waals surface area contributed by atoms with Crippen molar-refractivity contribution in [2.45, 2.75) is 38.9 Å². The molecule has 0 radical (unpaired) electrons. The second-order valence-corrected chi connectivity index (χ2v) is 4.35. The van der Waals surface area contributed by atoms with Gasteiger partial charge in [-0.2, -0.15) is 0 Å². The highest BCUT2D eigenvalue weighted by Gasteiger charge is 2.30. The van der Waals surface area contributed by atoms with E-state index in [1.54, 1.807) is 6.08 Å². The highest BCUT2D eigenvalue weighted by molar-refractivity contribution is 5.05. The van der Waals surface area contributed by atoms with Gasteiger partial charge in [0.1, 0.15) is 0 Å². The van der Waals surface area contributed by atoms with E-state index in [1.807, 2.05) is 26.8 Å². The summed E-state index contributed by atoms with van der Waals surface area (Å²) < 4.78 is 0. The summed E-state index contributed by atoms with van der Waals surface area (Å²) in [5.74, 6) is 0.433. The zero-order valence-corrected chi connectivity index (χ0v) is 7.99. The van der Waals surface area contributed by atoms with Gasteiger partial charge >= 0.3 is 0 Å². The summed E-state index contributed by atoms with van der Waals surface area (Å²) in [4.78, 5) is 0. The van der Waals surface area contributed by atoms with Crippen LogP contribution in [0.25, 0.3) is 0 Å². The van der Waals surface area contributed by atoms with E-state index < -0.39 is 5.60 Å². The number of rotatable bonds is 1. The van der Waals surface area contributed by atoms with Crippen molar-refractivity contribution < 1.29 is 10.2 Å². The maximum absolute atomic E-state index is 9.71. The van der Waals surface area contributed by atoms with Crippen molar-refractivity contribution in [1.29, 1.82) is 0 Å². The van der Waals surface area contributed by atoms with E-state index in [0.717, 1.165) is 6.42 Å². The Bertz CT molecular complexity index is 179. The van der Waals surface area contributed by atoms with Crippen molar-refractivity contribution in [3.05, 3.63) is 12.2 Å². The minimum atomic E-state index is -0.662. The number of aliphatic hydroxyl groups excluding tert-OH is 1. The van der Waals surface area contributed by atoms with E-state index in [4.69, 9.17) is 0 Å². The quantitative estimate of drug-likeness (QED) is 0.583. The molecule has 0 unspecified atom stereocenters. The molecule has 0 aliphatic heterocycles. The van der Waals surface area contributed by atoms with Crippen LogP contribution < -0.4 is 0 Å². The summed E-state index contributed by atoms with van der Waals surface area (Å²) in [7, 11) is 0. The molecule has 3 atom stereocenters. The topological polar surface area (TPSA) is 40.5 Å². The summed E-state index contributed by atoms with van der Waals surface area (Å²) in [6, 6.07) is 0. The highest BCUT2D eigenvalue weighted by atomic mass is 16.3. The van der Waals surface area contributed by atoms with Crippen LogP contribution in [0.2, 0.25) is 0 Å². The molecular formula is C10H18O2. The van der Waals surface area contributed by atoms with Gasteiger partial charge in [0, 0.05) is 5.92 Å². The van der Waals surface area contributed by atoms with Crippen LogP contribution in [0.1, 0.15) is 27.2 Å². The fraction of sp³-hybridized carbons (Fsp3) is 0.800. The lowest BCUT2D eigenvalue weighted by Gasteiger charge is -2.33. The predicted molar refractivity (Wildman–Crippen MR) is 48.7 cm³/mol. The fourth-order valence-electron chi connectivity index (χ4n) is 1.58. The normalized spacial score (nSPS) is 36.9. The Balaban J connectivity index is 2.67. The van der Waals surface area contributed by atoms with Gasteiger partial charge in [-0.3, -0.25) is 0 Å². The van der Waals surface area contributed by atoms with Crippen LogP contribution in [0, 0.1) is 11.8 Å². The van der Waals surface area contributed by atoms with Crippen LogP contribution in [0.4, 0.5) is 0 Å². The van der Waals surface area contributed by atoms with Gasteiger partial charge in [0.05, 0.1) is 11.7 Å². The Morgan fingerprint density at radius 2 is 1.92 bits per heavy atom. The largest absolute Gasteiger partial charge is 0.390 e. The number of aliphatic hydroxyl groups is 2. The van der Waals surface area contributed by atoms with E-state index in [1.165, 1.54) is 0 Å². The zero-order valence-electron chi connectivity index (χ0n) is 7.99. The standard InChI is InChI=1S/C10H18O2/c1-7-6-8(10(2,3)12)4-5-9(7)11/h4-5,7-9,11-12H,6H2,1-3H3/t7-,8-,9-/m0/s1. The number of hydrogen-bond donors (Lipinski definition) is 2. The van der Waals surface area contributed by atoms with Crippen LogP contribution in [0.3, 0.4) is 0 Å². The van der Waals surface area contributed by atoms with Crippen LogP contribution in [0.15, 0.2) is 12.2 Å². The smallest absolute Gasteiger partial charge is 0.0746 e. The van der Waals surface area contributed by atoms with E-state index in [-0.39, 0.29) is 17.9 Å². The van der Waals surface area contributed by atoms with Gasteiger partial charge in [0.2, 0.25) is 0 Å². The third-order valence-electron chi connectivity index (χ3n) is 2.66. The minimum Gasteiger partial charge on any atom is -0.390 e. The van der Waals surface area contributed by atoms with Gasteiger partial charge in [-0.1, -0.05) is 19.1 Å². The molecule has 2 heteroatoms. The van der Waals surface area contributed by atoms with Crippen molar-refractivity contribution in [3.63, 3.8) is 0 Å². The Morgan fingerprint density at radius 1 is 1.33 bits per heavy atom. The Morgan fingerprint density at radius 3 is 2.33 bits per heavy atom. The molecule has 0 heterocycles. The molecule has 0 spiro atoms. The zero-order chi connectivity index (χ0) is 9.35. The third-order valence-corrected chi connectivity index (χ3v) is 2.66. The van der Waals surface area contributed by atoms with Gasteiger partial charge in [0.15, 0.2) is 0 Å². The Hall–Kier alpha value is -0.340. The van der Waals surface area contributed by atoms with Gasteiger partial charge < -0.3 is 10.2 Å². The summed E-state index contributed by atoms with van der Waals surface area (Å²) in [5, 5.41) is 19.1. The molecular weight excluding hydrogens is 152 g/mol. The molecule has 0 aromatic rings. The molecule has 0 bridgehead atoms. The first-order chi connectivity index (χ1) is 5.41. The van der Waals surface area contributed by atoms with Gasteiger partial charge in [-0.15, -0.1) is 0 Å². The second kappa shape index (κ2) is 3.19. The lowest BCUT2D eigenvalue weighted by molar-refractivity contribution is 0.0128. The van der Waals surface area contributed by atoms with Gasteiger partial charge in [-0.05, 0) is 26.2 Å². The molecule has 12 heavy (non-hydrogen) atoms. The van der Waals surface area contributed by atoms with E-state index in [0.29, 0.717) is 0 Å². The molecule has 1 rings (SSSR count). The lowest BCUT2D eigenvalue weighted by Crippen LogP contribution is -2.35. The van der Waals surface area contributed by atoms with Gasteiger partial charge in [-0.25, -0.2) is 0 Å². The molecule has 0 saturated heterocycles. The van der Waals surface area contributed by atoms with Crippen molar-refractivity contribution in [3.8, 4) is 0 Å². The fourth-order valence-corrected chi connectivity index (χ4v) is 1.58. The SMILES string of the molecule is C[C@H]1C[C@@H](C(C)(C)O)C=C[C@@H]1O. The third kappa shape index (κ3) is 2.08. The number of hydrogen-bond acceptors (Lipinski definition) is 2. The highest BCUT2D eigenvalue weighted by Crippen LogP contribution is 2.30. The van der Waals surface area contributed by atoms with Crippen molar-refractivity contribution in [1.82, 2.24) is 0 Å². The molecule has 2 N–H and O–H groups in total. The van der Waals surface area contributed by atoms with Crippen LogP contribution in [-0.2, 0) is 0 Å². The predicted octanol–water partition coefficient (Wildman–Crippen LogP) is 1.33. The van der Waals surface area contributed by atoms with Gasteiger partial charge in [0.25, 0.3) is 0 Å². The Labute approximate surface area is 73.9 Å². The van der Waals surface area contributed by atoms with Crippen molar-refractivity contribution in [2.24, 2.45) is 11.8 Å². The van der Waals surface area contributed by atoms with E-state index in [2.05, 4.69) is 0 Å². The molecule has 2 nitrogen and oxygen atoms in total. The van der Waals surface area contributed by atoms with Crippen LogP contribution in [0.5, 0.6) is 0 Å². The average molecular weight is 170 g/mol. The summed E-state index contributed by atoms with van der Waals surface area (Å²) in [5.41, 5.74) is -0.662. The maximum Gasteiger partial charge on any atom is 0.0746 e. The molecule has 0 aromatic heterocycles. The summed E-state index contributed by atoms with van der Waals surface area (Å²) in [6.07, 6.45) is 4.24. The van der Waals surface area contributed by atoms with E-state index >= 15 is 0 Å². The van der Waals surface area contributed by atoms with Crippen LogP contribution >= 0.6 is 0 Å². The van der Waals surface area contributed by atoms with Crippen molar-refractivity contribution >= 4 is 0 Å². The van der Waals surface area contributed by atoms with E-state index in [9.17, 15) is 10.2 Å². The first kappa shape index (κ1) is 9.75. The maximum atomic E-state index is 9.71. The molecule has 0 saturated carbocycles. The second-order valence-electron chi connectivity index (χ2n) is 4.35. The van der Waals surface area contributed by atoms with Crippen LogP contribution in [-0.4, -0.2) is 21.9 Å². The molecule has 70 valence electrons. The Kier molecular flexibility index (Phi) is 2.59. The summed E-state index contributed by atoms with van der Waals surface area (Å²) in [6.45, 7) is 5.63. The molecule has 0 amide bonds. The molecule has 1 aliphatic carbocycles. The molecule has 1 aliphatic rings. The molecule has 0 aromatic carbocycles. The summed E-state index contributed by atoms with van der Waals surface area (Å²) >= 11 is 0. The van der Waals surface area contributed by atoms with Crippen molar-refractivity contribution in [2.75, 3.05) is 0 Å². The average Bonchev–Trinajstić information content (AvgIpc) is 1.92. The minimum absolute atomic E-state index is 0.177. The first-order valence-electron chi connectivity index (χ1n) is 4.50. The monoisotopic (exact) mass is 170 g/mol. The molecule has 0 fully saturated rings. The first-order valence-corrected chi connectivity index (χ1v) is 4.50. The lowest BCUT2D eigenvalue weighted by atomic mass is 9.78.